The highest BCUT2D eigenvalue weighted by atomic mass is 32.2. The molecule has 6 aliphatic rings. The number of carbonyl (C=O) groups is 1. The van der Waals surface area contributed by atoms with E-state index in [2.05, 4.69) is 12.2 Å². The van der Waals surface area contributed by atoms with Gasteiger partial charge in [0.05, 0.1) is 5.54 Å². The Morgan fingerprint density at radius 2 is 1.65 bits per heavy atom. The maximum Gasteiger partial charge on any atom is 0.242 e. The predicted octanol–water partition coefficient (Wildman–Crippen LogP) is 2.95. The highest BCUT2D eigenvalue weighted by molar-refractivity contribution is 8.16. The summed E-state index contributed by atoms with van der Waals surface area (Å²) in [7, 11) is 0. The van der Waals surface area contributed by atoms with Crippen LogP contribution >= 0.6 is 11.8 Å². The Balaban J connectivity index is 1.44. The number of nitrogens with one attached hydrogen (secondary N) is 1. The van der Waals surface area contributed by atoms with Crippen LogP contribution in [0.15, 0.2) is 4.99 Å². The highest BCUT2D eigenvalue weighted by Gasteiger charge is 2.63. The lowest BCUT2D eigenvalue weighted by Crippen LogP contribution is -2.50. The Kier molecular flexibility index (Phi) is 2.19. The zero-order chi connectivity index (χ0) is 13.5. The van der Waals surface area contributed by atoms with Gasteiger partial charge in [-0.3, -0.25) is 9.79 Å². The summed E-state index contributed by atoms with van der Waals surface area (Å²) < 4.78 is -0.138. The molecule has 4 bridgehead atoms. The molecule has 6 rings (SSSR count). The van der Waals surface area contributed by atoms with E-state index in [0.717, 1.165) is 29.3 Å². The third-order valence-electron chi connectivity index (χ3n) is 6.47. The van der Waals surface area contributed by atoms with Gasteiger partial charge in [0.1, 0.15) is 4.75 Å². The largest absolute Gasteiger partial charge is 0.304 e. The molecular formula is C16H22N2OS. The summed E-state index contributed by atoms with van der Waals surface area (Å²) in [4.78, 5) is 17.3. The lowest BCUT2D eigenvalue weighted by atomic mass is 9.53. The minimum absolute atomic E-state index is 0.138. The van der Waals surface area contributed by atoms with Crippen molar-refractivity contribution in [2.24, 2.45) is 28.7 Å². The van der Waals surface area contributed by atoms with Gasteiger partial charge in [-0.25, -0.2) is 0 Å². The van der Waals surface area contributed by atoms with E-state index < -0.39 is 0 Å². The molecule has 5 saturated carbocycles. The summed E-state index contributed by atoms with van der Waals surface area (Å²) in [5.41, 5.74) is 0.189. The molecule has 1 saturated heterocycles. The summed E-state index contributed by atoms with van der Waals surface area (Å²) in [5.74, 6) is 3.50. The van der Waals surface area contributed by atoms with Gasteiger partial charge >= 0.3 is 0 Å². The molecule has 1 aliphatic heterocycles. The summed E-state index contributed by atoms with van der Waals surface area (Å²) in [6, 6.07) is 0. The number of amides is 1. The Morgan fingerprint density at radius 1 is 1.10 bits per heavy atom. The van der Waals surface area contributed by atoms with Crippen LogP contribution in [0.1, 0.15) is 51.9 Å². The van der Waals surface area contributed by atoms with Crippen LogP contribution in [0.2, 0.25) is 0 Å². The predicted molar refractivity (Wildman–Crippen MR) is 80.6 cm³/mol. The van der Waals surface area contributed by atoms with E-state index in [4.69, 9.17) is 4.99 Å². The maximum absolute atomic E-state index is 12.2. The number of hydrogen-bond acceptors (Lipinski definition) is 3. The number of hydrogen-bond donors (Lipinski definition) is 1. The number of rotatable bonds is 1. The van der Waals surface area contributed by atoms with Gasteiger partial charge in [-0.15, -0.1) is 0 Å². The fourth-order valence-electron chi connectivity index (χ4n) is 5.77. The van der Waals surface area contributed by atoms with E-state index in [9.17, 15) is 4.79 Å². The molecule has 20 heavy (non-hydrogen) atoms. The fourth-order valence-corrected chi connectivity index (χ4v) is 7.18. The van der Waals surface area contributed by atoms with Crippen molar-refractivity contribution in [1.82, 2.24) is 5.32 Å². The van der Waals surface area contributed by atoms with Crippen LogP contribution in [0.3, 0.4) is 0 Å². The first-order valence-corrected chi connectivity index (χ1v) is 8.99. The van der Waals surface area contributed by atoms with Crippen molar-refractivity contribution < 1.29 is 4.79 Å². The zero-order valence-electron chi connectivity index (χ0n) is 12.0. The van der Waals surface area contributed by atoms with Crippen LogP contribution < -0.4 is 5.32 Å². The van der Waals surface area contributed by atoms with Crippen LogP contribution in [0.4, 0.5) is 0 Å². The first kappa shape index (κ1) is 12.1. The SMILES string of the molecule is CC1CC12SC(=NC13CC4CC(CC(C4)C1)C3)NC2=O. The maximum atomic E-state index is 12.2. The molecule has 0 aromatic heterocycles. The molecule has 4 heteroatoms. The number of carbonyl (C=O) groups excluding carboxylic acids is 1. The normalized spacial score (nSPS) is 57.6. The van der Waals surface area contributed by atoms with Crippen LogP contribution in [0.25, 0.3) is 0 Å². The molecule has 1 spiro atoms. The van der Waals surface area contributed by atoms with Crippen LogP contribution in [0, 0.1) is 23.7 Å². The van der Waals surface area contributed by atoms with Crippen molar-refractivity contribution in [3.05, 3.63) is 0 Å². The minimum atomic E-state index is -0.138. The lowest BCUT2D eigenvalue weighted by molar-refractivity contribution is -0.119. The number of aliphatic imine (C=N–C) groups is 1. The molecule has 1 N–H and O–H groups in total. The zero-order valence-corrected chi connectivity index (χ0v) is 12.8. The van der Waals surface area contributed by atoms with Gasteiger partial charge in [0.2, 0.25) is 5.91 Å². The van der Waals surface area contributed by atoms with Gasteiger partial charge in [0.15, 0.2) is 5.17 Å². The van der Waals surface area contributed by atoms with E-state index >= 15 is 0 Å². The van der Waals surface area contributed by atoms with Gasteiger partial charge in [-0.2, -0.15) is 0 Å². The number of thioether (sulfide) groups is 1. The molecule has 0 aromatic rings. The molecule has 3 nitrogen and oxygen atoms in total. The standard InChI is InChI=1S/C16H22N2OS/c1-9-5-16(9)13(19)17-14(20-16)18-15-6-10-2-11(7-15)4-12(3-10)8-15/h9-12H,2-8H2,1H3,(H,17,18,19). The lowest BCUT2D eigenvalue weighted by Gasteiger charge is -2.55. The van der Waals surface area contributed by atoms with Crippen molar-refractivity contribution in [3.8, 4) is 0 Å². The van der Waals surface area contributed by atoms with Crippen molar-refractivity contribution in [1.29, 1.82) is 0 Å². The Bertz CT molecular complexity index is 493. The van der Waals surface area contributed by atoms with Crippen molar-refractivity contribution >= 4 is 22.8 Å². The molecule has 1 heterocycles. The number of amidine groups is 1. The number of nitrogens with zero attached hydrogens (tertiary/aromatic N) is 1. The fraction of sp³-hybridized carbons (Fsp3) is 0.875. The monoisotopic (exact) mass is 290 g/mol. The first-order valence-electron chi connectivity index (χ1n) is 8.17. The summed E-state index contributed by atoms with van der Waals surface area (Å²) >= 11 is 1.73. The average molecular weight is 290 g/mol. The van der Waals surface area contributed by atoms with E-state index in [-0.39, 0.29) is 16.2 Å². The van der Waals surface area contributed by atoms with Crippen molar-refractivity contribution in [3.63, 3.8) is 0 Å². The minimum Gasteiger partial charge on any atom is -0.304 e. The highest BCUT2D eigenvalue weighted by Crippen LogP contribution is 2.60. The molecule has 108 valence electrons. The second-order valence-corrected chi connectivity index (χ2v) is 9.43. The van der Waals surface area contributed by atoms with Crippen LogP contribution in [-0.2, 0) is 4.79 Å². The van der Waals surface area contributed by atoms with Crippen LogP contribution in [0.5, 0.6) is 0 Å². The smallest absolute Gasteiger partial charge is 0.242 e. The van der Waals surface area contributed by atoms with E-state index in [1.54, 1.807) is 11.8 Å². The second-order valence-electron chi connectivity index (χ2n) is 8.11. The van der Waals surface area contributed by atoms with Gasteiger partial charge in [0, 0.05) is 0 Å². The molecule has 2 atom stereocenters. The molecule has 0 radical (unpaired) electrons. The molecule has 2 unspecified atom stereocenters. The van der Waals surface area contributed by atoms with E-state index in [1.807, 2.05) is 0 Å². The Morgan fingerprint density at radius 3 is 2.10 bits per heavy atom. The van der Waals surface area contributed by atoms with E-state index in [1.165, 1.54) is 38.5 Å². The molecule has 1 amide bonds. The third-order valence-corrected chi connectivity index (χ3v) is 7.98. The molecule has 6 fully saturated rings. The van der Waals surface area contributed by atoms with Crippen LogP contribution in [-0.4, -0.2) is 21.4 Å². The molecule has 5 aliphatic carbocycles. The van der Waals surface area contributed by atoms with E-state index in [0.29, 0.717) is 5.92 Å². The summed E-state index contributed by atoms with van der Waals surface area (Å²) in [6.45, 7) is 2.18. The topological polar surface area (TPSA) is 41.5 Å². The van der Waals surface area contributed by atoms with Gasteiger partial charge in [0.25, 0.3) is 0 Å². The van der Waals surface area contributed by atoms with Gasteiger partial charge in [-0.1, -0.05) is 18.7 Å². The third kappa shape index (κ3) is 1.54. The van der Waals surface area contributed by atoms with Gasteiger partial charge in [-0.05, 0) is 68.6 Å². The second kappa shape index (κ2) is 3.63. The Hall–Kier alpha value is -0.510. The summed E-state index contributed by atoms with van der Waals surface area (Å²) in [6.07, 6.45) is 9.22. The summed E-state index contributed by atoms with van der Waals surface area (Å²) in [5, 5.41) is 4.03. The first-order chi connectivity index (χ1) is 9.57. The Labute approximate surface area is 124 Å². The van der Waals surface area contributed by atoms with Crippen molar-refractivity contribution in [2.75, 3.05) is 0 Å². The average Bonchev–Trinajstić information content (AvgIpc) is 2.87. The van der Waals surface area contributed by atoms with Crippen molar-refractivity contribution in [2.45, 2.75) is 62.2 Å². The molecule has 0 aromatic carbocycles. The molecular weight excluding hydrogens is 268 g/mol. The van der Waals surface area contributed by atoms with Gasteiger partial charge < -0.3 is 5.32 Å². The quantitative estimate of drug-likeness (QED) is 0.806.